The Bertz CT molecular complexity index is 532. The molecule has 0 aliphatic rings. The Morgan fingerprint density at radius 1 is 1.50 bits per heavy atom. The number of nitrogens with one attached hydrogen (secondary N) is 2. The number of H-pyrrole nitrogens is 1. The number of nitrogens with two attached hydrogens (primary N) is 1. The van der Waals surface area contributed by atoms with Gasteiger partial charge < -0.3 is 11.1 Å². The first kappa shape index (κ1) is 12.1. The fraction of sp³-hybridized carbons (Fsp3) is 0.250. The van der Waals surface area contributed by atoms with E-state index in [2.05, 4.69) is 27.4 Å². The summed E-state index contributed by atoms with van der Waals surface area (Å²) in [6.07, 6.45) is 3.38. The second-order valence-corrected chi connectivity index (χ2v) is 3.96. The molecule has 4 N–H and O–H groups in total. The number of rotatable bonds is 4. The fourth-order valence-corrected chi connectivity index (χ4v) is 1.54. The van der Waals surface area contributed by atoms with Gasteiger partial charge in [0.05, 0.1) is 11.9 Å². The number of carbonyl (C=O) groups excluding carboxylic acids is 1. The van der Waals surface area contributed by atoms with Crippen molar-refractivity contribution in [3.63, 3.8) is 0 Å². The van der Waals surface area contributed by atoms with E-state index >= 15 is 0 Å². The van der Waals surface area contributed by atoms with Gasteiger partial charge in [-0.2, -0.15) is 5.10 Å². The molecule has 0 aliphatic carbocycles. The highest BCUT2D eigenvalue weighted by molar-refractivity contribution is 6.02. The Kier molecular flexibility index (Phi) is 3.57. The number of nitrogens with zero attached hydrogens (tertiary/aromatic N) is 2. The number of aromatic nitrogens is 3. The average molecular weight is 245 g/mol. The summed E-state index contributed by atoms with van der Waals surface area (Å²) in [5.41, 5.74) is 7.34. The van der Waals surface area contributed by atoms with E-state index in [0.717, 1.165) is 18.5 Å². The van der Waals surface area contributed by atoms with Crippen molar-refractivity contribution >= 4 is 17.4 Å². The van der Waals surface area contributed by atoms with Crippen LogP contribution in [0.3, 0.4) is 0 Å². The summed E-state index contributed by atoms with van der Waals surface area (Å²) in [4.78, 5) is 15.8. The van der Waals surface area contributed by atoms with Crippen LogP contribution in [0.5, 0.6) is 0 Å². The van der Waals surface area contributed by atoms with Gasteiger partial charge >= 0.3 is 0 Å². The lowest BCUT2D eigenvalue weighted by Gasteiger charge is -2.00. The third kappa shape index (κ3) is 2.85. The van der Waals surface area contributed by atoms with Crippen molar-refractivity contribution in [1.82, 2.24) is 15.2 Å². The maximum absolute atomic E-state index is 11.8. The second kappa shape index (κ2) is 5.31. The minimum absolute atomic E-state index is 0.301. The van der Waals surface area contributed by atoms with Crippen LogP contribution in [0.4, 0.5) is 11.5 Å². The van der Waals surface area contributed by atoms with Crippen molar-refractivity contribution in [2.24, 2.45) is 0 Å². The molecule has 2 aromatic rings. The first-order valence-electron chi connectivity index (χ1n) is 5.76. The number of anilines is 2. The molecule has 2 rings (SSSR count). The summed E-state index contributed by atoms with van der Waals surface area (Å²) in [5.74, 6) is 0.201. The highest BCUT2D eigenvalue weighted by Crippen LogP contribution is 2.09. The van der Waals surface area contributed by atoms with Gasteiger partial charge in [0, 0.05) is 11.8 Å². The number of nitrogen functional groups attached to an aromatic ring is 1. The van der Waals surface area contributed by atoms with Gasteiger partial charge in [-0.1, -0.05) is 13.3 Å². The van der Waals surface area contributed by atoms with E-state index in [9.17, 15) is 4.79 Å². The summed E-state index contributed by atoms with van der Waals surface area (Å²) >= 11 is 0. The molecule has 2 heterocycles. The third-order valence-corrected chi connectivity index (χ3v) is 2.41. The number of aryl methyl sites for hydroxylation is 1. The van der Waals surface area contributed by atoms with E-state index in [1.54, 1.807) is 12.1 Å². The van der Waals surface area contributed by atoms with Gasteiger partial charge in [-0.3, -0.25) is 9.89 Å². The first-order chi connectivity index (χ1) is 8.69. The number of aromatic amines is 1. The van der Waals surface area contributed by atoms with Crippen molar-refractivity contribution in [3.8, 4) is 0 Å². The molecule has 94 valence electrons. The molecule has 0 radical (unpaired) electrons. The molecule has 0 unspecified atom stereocenters. The summed E-state index contributed by atoms with van der Waals surface area (Å²) in [7, 11) is 0. The van der Waals surface area contributed by atoms with Crippen LogP contribution < -0.4 is 11.1 Å². The molecular formula is C12H15N5O. The van der Waals surface area contributed by atoms with E-state index in [1.165, 1.54) is 6.20 Å². The summed E-state index contributed by atoms with van der Waals surface area (Å²) in [5, 5.41) is 9.55. The predicted molar refractivity (Wildman–Crippen MR) is 69.2 cm³/mol. The maximum Gasteiger partial charge on any atom is 0.275 e. The Labute approximate surface area is 105 Å². The van der Waals surface area contributed by atoms with E-state index in [4.69, 9.17) is 5.73 Å². The minimum atomic E-state index is -0.301. The molecule has 0 bridgehead atoms. The van der Waals surface area contributed by atoms with Crippen LogP contribution in [0.2, 0.25) is 0 Å². The largest absolute Gasteiger partial charge is 0.397 e. The minimum Gasteiger partial charge on any atom is -0.397 e. The number of hydrogen-bond acceptors (Lipinski definition) is 4. The van der Waals surface area contributed by atoms with Gasteiger partial charge in [-0.15, -0.1) is 0 Å². The van der Waals surface area contributed by atoms with Crippen molar-refractivity contribution in [1.29, 1.82) is 0 Å². The monoisotopic (exact) mass is 245 g/mol. The van der Waals surface area contributed by atoms with E-state index < -0.39 is 0 Å². The van der Waals surface area contributed by atoms with Crippen LogP contribution in [0.1, 0.15) is 29.5 Å². The van der Waals surface area contributed by atoms with Gasteiger partial charge in [-0.05, 0) is 18.6 Å². The molecule has 1 amide bonds. The quantitative estimate of drug-likeness (QED) is 0.762. The second-order valence-electron chi connectivity index (χ2n) is 3.96. The van der Waals surface area contributed by atoms with Crippen molar-refractivity contribution in [3.05, 3.63) is 35.8 Å². The highest BCUT2D eigenvalue weighted by Gasteiger charge is 2.09. The number of amides is 1. The van der Waals surface area contributed by atoms with Crippen LogP contribution in [-0.4, -0.2) is 21.1 Å². The average Bonchev–Trinajstić information content (AvgIpc) is 2.78. The van der Waals surface area contributed by atoms with Crippen LogP contribution in [0.15, 0.2) is 24.4 Å². The molecule has 0 spiro atoms. The number of hydrogen-bond donors (Lipinski definition) is 3. The van der Waals surface area contributed by atoms with Gasteiger partial charge in [0.2, 0.25) is 0 Å². The summed E-state index contributed by atoms with van der Waals surface area (Å²) < 4.78 is 0. The lowest BCUT2D eigenvalue weighted by molar-refractivity contribution is 0.102. The smallest absolute Gasteiger partial charge is 0.275 e. The zero-order valence-corrected chi connectivity index (χ0v) is 10.1. The van der Waals surface area contributed by atoms with Crippen LogP contribution in [-0.2, 0) is 6.42 Å². The Morgan fingerprint density at radius 2 is 2.33 bits per heavy atom. The molecule has 0 aromatic carbocycles. The molecule has 0 fully saturated rings. The standard InChI is InChI=1S/C12H15N5O/c1-2-3-9-6-11(17-16-9)15-12(18)10-5-4-8(13)7-14-10/h4-7H,2-3,13H2,1H3,(H2,15,16,17,18). The number of pyridine rings is 1. The first-order valence-corrected chi connectivity index (χ1v) is 5.76. The Balaban J connectivity index is 2.04. The fourth-order valence-electron chi connectivity index (χ4n) is 1.54. The van der Waals surface area contributed by atoms with Gasteiger partial charge in [0.15, 0.2) is 5.82 Å². The van der Waals surface area contributed by atoms with Gasteiger partial charge in [0.25, 0.3) is 5.91 Å². The zero-order valence-electron chi connectivity index (χ0n) is 10.1. The lowest BCUT2D eigenvalue weighted by atomic mass is 10.2. The van der Waals surface area contributed by atoms with E-state index in [-0.39, 0.29) is 5.91 Å². The Morgan fingerprint density at radius 3 is 3.00 bits per heavy atom. The van der Waals surface area contributed by atoms with Crippen LogP contribution in [0, 0.1) is 0 Å². The molecule has 0 aliphatic heterocycles. The Hall–Kier alpha value is -2.37. The normalized spacial score (nSPS) is 10.3. The maximum atomic E-state index is 11.8. The molecule has 0 saturated heterocycles. The predicted octanol–water partition coefficient (Wildman–Crippen LogP) is 1.59. The van der Waals surface area contributed by atoms with Crippen LogP contribution >= 0.6 is 0 Å². The highest BCUT2D eigenvalue weighted by atomic mass is 16.1. The molecule has 6 heteroatoms. The molecule has 0 saturated carbocycles. The van der Waals surface area contributed by atoms with Crippen molar-refractivity contribution in [2.75, 3.05) is 11.1 Å². The van der Waals surface area contributed by atoms with Crippen molar-refractivity contribution < 1.29 is 4.79 Å². The van der Waals surface area contributed by atoms with E-state index in [1.807, 2.05) is 6.07 Å². The third-order valence-electron chi connectivity index (χ3n) is 2.41. The molecule has 18 heavy (non-hydrogen) atoms. The number of carbonyl (C=O) groups is 1. The van der Waals surface area contributed by atoms with E-state index in [0.29, 0.717) is 17.2 Å². The summed E-state index contributed by atoms with van der Waals surface area (Å²) in [6.45, 7) is 2.08. The molecular weight excluding hydrogens is 230 g/mol. The SMILES string of the molecule is CCCc1cc(NC(=O)c2ccc(N)cn2)n[nH]1. The van der Waals surface area contributed by atoms with Crippen LogP contribution in [0.25, 0.3) is 0 Å². The molecule has 0 atom stereocenters. The molecule has 6 nitrogen and oxygen atoms in total. The summed E-state index contributed by atoms with van der Waals surface area (Å²) in [6, 6.07) is 5.03. The lowest BCUT2D eigenvalue weighted by Crippen LogP contribution is -2.13. The topological polar surface area (TPSA) is 96.7 Å². The van der Waals surface area contributed by atoms with Crippen molar-refractivity contribution in [2.45, 2.75) is 19.8 Å². The van der Waals surface area contributed by atoms with Gasteiger partial charge in [0.1, 0.15) is 5.69 Å². The molecule has 2 aromatic heterocycles. The zero-order chi connectivity index (χ0) is 13.0. The van der Waals surface area contributed by atoms with Gasteiger partial charge in [-0.25, -0.2) is 4.98 Å².